The lowest BCUT2D eigenvalue weighted by atomic mass is 10.1. The quantitative estimate of drug-likeness (QED) is 0.799. The summed E-state index contributed by atoms with van der Waals surface area (Å²) in [7, 11) is -2.39. The Morgan fingerprint density at radius 1 is 1.40 bits per heavy atom. The fourth-order valence-electron chi connectivity index (χ4n) is 1.51. The number of benzene rings is 1. The molecule has 0 saturated heterocycles. The fraction of sp³-hybridized carbons (Fsp3) is 0.417. The zero-order valence-corrected chi connectivity index (χ0v) is 12.8. The summed E-state index contributed by atoms with van der Waals surface area (Å²) in [6.07, 6.45) is -0.243. The van der Waals surface area contributed by atoms with Gasteiger partial charge in [-0.15, -0.1) is 0 Å². The van der Waals surface area contributed by atoms with Gasteiger partial charge in [-0.25, -0.2) is 0 Å². The Hall–Kier alpha value is -1.15. The van der Waals surface area contributed by atoms with Crippen LogP contribution in [-0.4, -0.2) is 37.4 Å². The molecule has 0 aliphatic rings. The van der Waals surface area contributed by atoms with E-state index in [9.17, 15) is 13.2 Å². The maximum atomic E-state index is 12.0. The van der Waals surface area contributed by atoms with Gasteiger partial charge in [0.15, 0.2) is 0 Å². The highest BCUT2D eigenvalue weighted by Gasteiger charge is 2.21. The fourth-order valence-corrected chi connectivity index (χ4v) is 2.73. The third kappa shape index (κ3) is 5.09. The number of aliphatic carboxylic acids is 1. The minimum Gasteiger partial charge on any atom is -0.481 e. The number of carboxylic acids is 1. The van der Waals surface area contributed by atoms with Gasteiger partial charge in [-0.3, -0.25) is 4.79 Å². The molecule has 0 aromatic heterocycles. The molecule has 0 aliphatic heterocycles. The average molecular weight is 321 g/mol. The third-order valence-corrected chi connectivity index (χ3v) is 4.65. The number of carboxylic acid groups (broad SMARTS) is 1. The number of halogens is 1. The molecule has 2 N–H and O–H groups in total. The molecule has 0 amide bonds. The van der Waals surface area contributed by atoms with Crippen LogP contribution in [0.3, 0.4) is 0 Å². The Morgan fingerprint density at radius 2 is 1.95 bits per heavy atom. The number of nitrogens with zero attached hydrogens (tertiary/aromatic N) is 1. The molecule has 20 heavy (non-hydrogen) atoms. The van der Waals surface area contributed by atoms with Gasteiger partial charge >= 0.3 is 5.97 Å². The van der Waals surface area contributed by atoms with Gasteiger partial charge < -0.3 is 5.11 Å². The highest BCUT2D eigenvalue weighted by molar-refractivity contribution is 7.87. The van der Waals surface area contributed by atoms with Gasteiger partial charge in [0.2, 0.25) is 0 Å². The third-order valence-electron chi connectivity index (χ3n) is 2.75. The monoisotopic (exact) mass is 320 g/mol. The van der Waals surface area contributed by atoms with Gasteiger partial charge in [0.1, 0.15) is 0 Å². The van der Waals surface area contributed by atoms with Crippen LogP contribution in [0.15, 0.2) is 24.3 Å². The van der Waals surface area contributed by atoms with Gasteiger partial charge in [-0.1, -0.05) is 23.7 Å². The molecular weight excluding hydrogens is 304 g/mol. The van der Waals surface area contributed by atoms with Crippen LogP contribution in [0.4, 0.5) is 0 Å². The predicted molar refractivity (Wildman–Crippen MR) is 76.8 cm³/mol. The van der Waals surface area contributed by atoms with Crippen molar-refractivity contribution in [3.8, 4) is 0 Å². The molecule has 6 nitrogen and oxygen atoms in total. The van der Waals surface area contributed by atoms with Crippen LogP contribution in [0.2, 0.25) is 5.02 Å². The van der Waals surface area contributed by atoms with Gasteiger partial charge in [-0.05, 0) is 24.6 Å². The summed E-state index contributed by atoms with van der Waals surface area (Å²) < 4.78 is 27.4. The van der Waals surface area contributed by atoms with Crippen molar-refractivity contribution in [3.63, 3.8) is 0 Å². The van der Waals surface area contributed by atoms with Crippen molar-refractivity contribution in [2.75, 3.05) is 13.6 Å². The largest absolute Gasteiger partial charge is 0.481 e. The van der Waals surface area contributed by atoms with E-state index < -0.39 is 22.2 Å². The van der Waals surface area contributed by atoms with Crippen molar-refractivity contribution in [1.82, 2.24) is 9.03 Å². The first-order chi connectivity index (χ1) is 9.22. The Bertz CT molecular complexity index is 559. The zero-order chi connectivity index (χ0) is 15.3. The first-order valence-corrected chi connectivity index (χ1v) is 7.75. The normalized spacial score (nSPS) is 13.4. The second-order valence-electron chi connectivity index (χ2n) is 4.36. The van der Waals surface area contributed by atoms with E-state index in [2.05, 4.69) is 4.72 Å². The smallest absolute Gasteiger partial charge is 0.304 e. The van der Waals surface area contributed by atoms with E-state index in [1.807, 2.05) is 0 Å². The summed E-state index contributed by atoms with van der Waals surface area (Å²) in [4.78, 5) is 10.5. The van der Waals surface area contributed by atoms with E-state index in [-0.39, 0.29) is 13.0 Å². The molecule has 0 saturated carbocycles. The van der Waals surface area contributed by atoms with Crippen molar-refractivity contribution in [3.05, 3.63) is 34.9 Å². The standard InChI is InChI=1S/C12H17ClN2O4S/c1-9(10-3-5-11(13)6-4-10)14-20(18,19)15(2)8-7-12(16)17/h3-6,9,14H,7-8H2,1-2H3,(H,16,17)/t9-/m1/s1. The van der Waals surface area contributed by atoms with E-state index in [4.69, 9.17) is 16.7 Å². The number of rotatable bonds is 7. The molecule has 0 unspecified atom stereocenters. The van der Waals surface area contributed by atoms with Crippen LogP contribution in [-0.2, 0) is 15.0 Å². The molecule has 1 aromatic rings. The lowest BCUT2D eigenvalue weighted by molar-refractivity contribution is -0.137. The summed E-state index contributed by atoms with van der Waals surface area (Å²) >= 11 is 5.77. The SMILES string of the molecule is C[C@@H](NS(=O)(=O)N(C)CCC(=O)O)c1ccc(Cl)cc1. The van der Waals surface area contributed by atoms with E-state index in [0.717, 1.165) is 9.87 Å². The molecule has 0 spiro atoms. The van der Waals surface area contributed by atoms with Crippen molar-refractivity contribution in [2.45, 2.75) is 19.4 Å². The van der Waals surface area contributed by atoms with Crippen LogP contribution >= 0.6 is 11.6 Å². The van der Waals surface area contributed by atoms with Crippen LogP contribution in [0.25, 0.3) is 0 Å². The molecule has 0 radical (unpaired) electrons. The number of nitrogens with one attached hydrogen (secondary N) is 1. The van der Waals surface area contributed by atoms with E-state index >= 15 is 0 Å². The lowest BCUT2D eigenvalue weighted by Crippen LogP contribution is -2.40. The van der Waals surface area contributed by atoms with E-state index in [0.29, 0.717) is 5.02 Å². The van der Waals surface area contributed by atoms with E-state index in [1.54, 1.807) is 31.2 Å². The summed E-state index contributed by atoms with van der Waals surface area (Å²) in [5, 5.41) is 9.13. The molecule has 1 aromatic carbocycles. The van der Waals surface area contributed by atoms with Crippen molar-refractivity contribution in [2.24, 2.45) is 0 Å². The highest BCUT2D eigenvalue weighted by atomic mass is 35.5. The first-order valence-electron chi connectivity index (χ1n) is 5.93. The minimum atomic E-state index is -3.73. The van der Waals surface area contributed by atoms with Gasteiger partial charge in [-0.2, -0.15) is 17.4 Å². The number of hydrogen-bond acceptors (Lipinski definition) is 3. The van der Waals surface area contributed by atoms with Crippen LogP contribution in [0.1, 0.15) is 24.9 Å². The molecule has 1 atom stereocenters. The first kappa shape index (κ1) is 16.9. The average Bonchev–Trinajstić information content (AvgIpc) is 2.35. The van der Waals surface area contributed by atoms with Gasteiger partial charge in [0.05, 0.1) is 6.42 Å². The summed E-state index contributed by atoms with van der Waals surface area (Å²) in [5.41, 5.74) is 0.768. The number of hydrogen-bond donors (Lipinski definition) is 2. The summed E-state index contributed by atoms with van der Waals surface area (Å²) in [6.45, 7) is 1.61. The molecule has 8 heteroatoms. The van der Waals surface area contributed by atoms with Crippen molar-refractivity contribution >= 4 is 27.8 Å². The van der Waals surface area contributed by atoms with E-state index in [1.165, 1.54) is 7.05 Å². The van der Waals surface area contributed by atoms with Crippen LogP contribution in [0.5, 0.6) is 0 Å². The second kappa shape index (κ2) is 7.03. The highest BCUT2D eigenvalue weighted by Crippen LogP contribution is 2.17. The second-order valence-corrected chi connectivity index (χ2v) is 6.61. The van der Waals surface area contributed by atoms with Crippen molar-refractivity contribution < 1.29 is 18.3 Å². The molecule has 0 fully saturated rings. The summed E-state index contributed by atoms with van der Waals surface area (Å²) in [5.74, 6) is -1.04. The molecule has 0 aliphatic carbocycles. The molecule has 1 rings (SSSR count). The topological polar surface area (TPSA) is 86.7 Å². The lowest BCUT2D eigenvalue weighted by Gasteiger charge is -2.20. The molecule has 112 valence electrons. The molecule has 0 bridgehead atoms. The Kier molecular flexibility index (Phi) is 5.94. The Labute approximate surface area is 123 Å². The molecule has 0 heterocycles. The zero-order valence-electron chi connectivity index (χ0n) is 11.2. The minimum absolute atomic E-state index is 0.0853. The van der Waals surface area contributed by atoms with Gasteiger partial charge in [0, 0.05) is 24.7 Å². The Morgan fingerprint density at radius 3 is 2.45 bits per heavy atom. The molecular formula is C12H17ClN2O4S. The maximum Gasteiger partial charge on any atom is 0.304 e. The maximum absolute atomic E-state index is 12.0. The number of carbonyl (C=O) groups is 1. The predicted octanol–water partition coefficient (Wildman–Crippen LogP) is 1.64. The van der Waals surface area contributed by atoms with Crippen molar-refractivity contribution in [1.29, 1.82) is 0 Å². The van der Waals surface area contributed by atoms with Crippen LogP contribution < -0.4 is 4.72 Å². The summed E-state index contributed by atoms with van der Waals surface area (Å²) in [6, 6.07) is 6.37. The van der Waals surface area contributed by atoms with Gasteiger partial charge in [0.25, 0.3) is 10.2 Å². The Balaban J connectivity index is 2.69. The van der Waals surface area contributed by atoms with Crippen LogP contribution in [0, 0.1) is 0 Å².